The lowest BCUT2D eigenvalue weighted by Gasteiger charge is -2.34. The number of nitrogens with zero attached hydrogens (tertiary/aromatic N) is 1. The van der Waals surface area contributed by atoms with Crippen molar-refractivity contribution in [1.29, 1.82) is 0 Å². The highest BCUT2D eigenvalue weighted by molar-refractivity contribution is 9.10. The van der Waals surface area contributed by atoms with Gasteiger partial charge in [0, 0.05) is 22.3 Å². The Morgan fingerprint density at radius 3 is 2.46 bits per heavy atom. The van der Waals surface area contributed by atoms with Crippen LogP contribution in [-0.2, 0) is 13.6 Å². The van der Waals surface area contributed by atoms with Crippen LogP contribution in [0.25, 0.3) is 0 Å². The van der Waals surface area contributed by atoms with Crippen LogP contribution in [0.4, 0.5) is 11.4 Å². The molecule has 0 aromatic heterocycles. The molecule has 1 aliphatic rings. The van der Waals surface area contributed by atoms with E-state index in [9.17, 15) is 14.7 Å². The van der Waals surface area contributed by atoms with Gasteiger partial charge in [-0.15, -0.1) is 0 Å². The summed E-state index contributed by atoms with van der Waals surface area (Å²) in [6.07, 6.45) is 0.500. The van der Waals surface area contributed by atoms with Crippen LogP contribution in [0, 0.1) is 10.1 Å². The van der Waals surface area contributed by atoms with E-state index in [2.05, 4.69) is 21.2 Å². The van der Waals surface area contributed by atoms with Gasteiger partial charge in [0.1, 0.15) is 0 Å². The fourth-order valence-electron chi connectivity index (χ4n) is 2.64. The van der Waals surface area contributed by atoms with Crippen molar-refractivity contribution in [3.8, 4) is 0 Å². The van der Waals surface area contributed by atoms with Crippen LogP contribution >= 0.6 is 23.5 Å². The topological polar surface area (TPSA) is 90.7 Å². The van der Waals surface area contributed by atoms with E-state index in [1.165, 1.54) is 12.1 Å². The first kappa shape index (κ1) is 19.0. The minimum atomic E-state index is -3.47. The maximum atomic E-state index is 13.4. The first-order valence-corrected chi connectivity index (χ1v) is 10.5. The summed E-state index contributed by atoms with van der Waals surface area (Å²) in [5.74, 6) is -0.722. The Balaban J connectivity index is 1.93. The molecule has 138 valence electrons. The third-order valence-corrected chi connectivity index (χ3v) is 6.79. The molecule has 3 unspecified atom stereocenters. The molecular formula is C17H18BrN2O5P. The van der Waals surface area contributed by atoms with Gasteiger partial charge in [-0.3, -0.25) is 14.7 Å². The van der Waals surface area contributed by atoms with Crippen LogP contribution in [0.15, 0.2) is 53.0 Å². The summed E-state index contributed by atoms with van der Waals surface area (Å²) < 4.78 is 25.6. The van der Waals surface area contributed by atoms with Crippen LogP contribution in [0.3, 0.4) is 0 Å². The number of nitro benzene ring substituents is 1. The first-order valence-electron chi connectivity index (χ1n) is 8.06. The van der Waals surface area contributed by atoms with Crippen molar-refractivity contribution in [3.63, 3.8) is 0 Å². The van der Waals surface area contributed by atoms with E-state index < -0.39 is 18.3 Å². The summed E-state index contributed by atoms with van der Waals surface area (Å²) in [4.78, 5) is 10.4. The number of rotatable bonds is 5. The number of non-ortho nitro benzene ring substituents is 1. The second kappa shape index (κ2) is 7.88. The van der Waals surface area contributed by atoms with Gasteiger partial charge in [-0.2, -0.15) is 0 Å². The number of hydrogen-bond acceptors (Lipinski definition) is 6. The summed E-state index contributed by atoms with van der Waals surface area (Å²) >= 11 is 3.39. The van der Waals surface area contributed by atoms with Gasteiger partial charge in [0.15, 0.2) is 5.78 Å². The Labute approximate surface area is 159 Å². The second-order valence-corrected chi connectivity index (χ2v) is 8.96. The van der Waals surface area contributed by atoms with Crippen molar-refractivity contribution >= 4 is 34.9 Å². The molecule has 1 N–H and O–H groups in total. The second-order valence-electron chi connectivity index (χ2n) is 5.98. The predicted molar refractivity (Wildman–Crippen MR) is 102 cm³/mol. The third kappa shape index (κ3) is 4.32. The first-order chi connectivity index (χ1) is 12.4. The van der Waals surface area contributed by atoms with Crippen molar-refractivity contribution in [1.82, 2.24) is 0 Å². The van der Waals surface area contributed by atoms with Gasteiger partial charge >= 0.3 is 7.60 Å². The molecule has 0 aliphatic carbocycles. The zero-order valence-electron chi connectivity index (χ0n) is 14.0. The molecule has 2 aromatic carbocycles. The SMILES string of the molecule is CC1CCOP(=O)(C(Nc2ccc([N+](=O)[O-])cc2)c2ccc(Br)cc2)O1. The normalized spacial score (nSPS) is 24.0. The van der Waals surface area contributed by atoms with Gasteiger partial charge in [-0.05, 0) is 43.2 Å². The van der Waals surface area contributed by atoms with E-state index in [0.29, 0.717) is 18.7 Å². The smallest absolute Gasteiger partial charge is 0.357 e. The van der Waals surface area contributed by atoms with Crippen LogP contribution in [0.2, 0.25) is 0 Å². The van der Waals surface area contributed by atoms with E-state index in [1.54, 1.807) is 12.1 Å². The molecule has 0 radical (unpaired) electrons. The van der Waals surface area contributed by atoms with E-state index in [-0.39, 0.29) is 11.8 Å². The zero-order chi connectivity index (χ0) is 18.7. The Morgan fingerprint density at radius 1 is 1.23 bits per heavy atom. The molecule has 3 atom stereocenters. The average Bonchev–Trinajstić information content (AvgIpc) is 2.61. The zero-order valence-corrected chi connectivity index (χ0v) is 16.5. The standard InChI is InChI=1S/C17H18BrN2O5P/c1-12-10-11-24-26(23,25-12)17(13-2-4-14(18)5-3-13)19-15-6-8-16(9-7-15)20(21)22/h2-9,12,17,19H,10-11H2,1H3. The molecule has 1 heterocycles. The average molecular weight is 441 g/mol. The van der Waals surface area contributed by atoms with Crippen molar-refractivity contribution in [2.24, 2.45) is 0 Å². The molecule has 0 bridgehead atoms. The molecule has 1 aliphatic heterocycles. The van der Waals surface area contributed by atoms with Crippen LogP contribution in [0.1, 0.15) is 24.7 Å². The van der Waals surface area contributed by atoms with Gasteiger partial charge in [0.2, 0.25) is 0 Å². The third-order valence-electron chi connectivity index (χ3n) is 4.01. The molecule has 2 aromatic rings. The number of nitro groups is 1. The quantitative estimate of drug-likeness (QED) is 0.375. The van der Waals surface area contributed by atoms with Gasteiger partial charge in [0.25, 0.3) is 5.69 Å². The maximum absolute atomic E-state index is 13.4. The van der Waals surface area contributed by atoms with Crippen LogP contribution in [0.5, 0.6) is 0 Å². The largest absolute Gasteiger partial charge is 0.368 e. The molecular weight excluding hydrogens is 423 g/mol. The summed E-state index contributed by atoms with van der Waals surface area (Å²) in [5.41, 5.74) is 1.31. The Kier molecular flexibility index (Phi) is 5.77. The van der Waals surface area contributed by atoms with Crippen LogP contribution < -0.4 is 5.32 Å². The van der Waals surface area contributed by atoms with Gasteiger partial charge < -0.3 is 14.4 Å². The van der Waals surface area contributed by atoms with Gasteiger partial charge in [0.05, 0.1) is 17.6 Å². The Morgan fingerprint density at radius 2 is 1.88 bits per heavy atom. The summed E-state index contributed by atoms with van der Waals surface area (Å²) in [6.45, 7) is 2.22. The number of halogens is 1. The highest BCUT2D eigenvalue weighted by Crippen LogP contribution is 2.63. The fraction of sp³-hybridized carbons (Fsp3) is 0.294. The number of benzene rings is 2. The van der Waals surface area contributed by atoms with Gasteiger partial charge in [-0.1, -0.05) is 28.1 Å². The molecule has 26 heavy (non-hydrogen) atoms. The molecule has 7 nitrogen and oxygen atoms in total. The molecule has 0 spiro atoms. The van der Waals surface area contributed by atoms with E-state index in [0.717, 1.165) is 10.0 Å². The Hall–Kier alpha value is -1.73. The van der Waals surface area contributed by atoms with Crippen molar-refractivity contribution in [2.75, 3.05) is 11.9 Å². The lowest BCUT2D eigenvalue weighted by Crippen LogP contribution is -2.23. The highest BCUT2D eigenvalue weighted by Gasteiger charge is 2.41. The molecule has 1 fully saturated rings. The number of nitrogens with one attached hydrogen (secondary N) is 1. The number of hydrogen-bond donors (Lipinski definition) is 1. The highest BCUT2D eigenvalue weighted by atomic mass is 79.9. The molecule has 9 heteroatoms. The molecule has 0 saturated carbocycles. The maximum Gasteiger partial charge on any atom is 0.357 e. The minimum absolute atomic E-state index is 0.0128. The number of anilines is 1. The van der Waals surface area contributed by atoms with E-state index in [1.807, 2.05) is 31.2 Å². The molecule has 1 saturated heterocycles. The van der Waals surface area contributed by atoms with Crippen molar-refractivity contribution in [2.45, 2.75) is 25.2 Å². The lowest BCUT2D eigenvalue weighted by atomic mass is 10.2. The lowest BCUT2D eigenvalue weighted by molar-refractivity contribution is -0.384. The van der Waals surface area contributed by atoms with Gasteiger partial charge in [-0.25, -0.2) is 0 Å². The summed E-state index contributed by atoms with van der Waals surface area (Å²) in [5, 5.41) is 14.0. The van der Waals surface area contributed by atoms with E-state index in [4.69, 9.17) is 9.05 Å². The Bertz CT molecular complexity index is 828. The molecule has 0 amide bonds. The molecule has 3 rings (SSSR count). The monoisotopic (exact) mass is 440 g/mol. The van der Waals surface area contributed by atoms with Crippen molar-refractivity contribution in [3.05, 3.63) is 68.7 Å². The predicted octanol–water partition coefficient (Wildman–Crippen LogP) is 5.49. The summed E-state index contributed by atoms with van der Waals surface area (Å²) in [6, 6.07) is 13.3. The van der Waals surface area contributed by atoms with Crippen LogP contribution in [-0.4, -0.2) is 17.6 Å². The van der Waals surface area contributed by atoms with Crippen molar-refractivity contribution < 1.29 is 18.5 Å². The summed E-state index contributed by atoms with van der Waals surface area (Å²) in [7, 11) is -3.47. The fourth-order valence-corrected chi connectivity index (χ4v) is 5.05. The van der Waals surface area contributed by atoms with E-state index >= 15 is 0 Å². The minimum Gasteiger partial charge on any atom is -0.368 e.